The molecule has 0 aliphatic carbocycles. The highest BCUT2D eigenvalue weighted by atomic mass is 16.6. The predicted octanol–water partition coefficient (Wildman–Crippen LogP) is 0.876. The summed E-state index contributed by atoms with van der Waals surface area (Å²) in [4.78, 5) is 0. The first-order chi connectivity index (χ1) is 9.31. The van der Waals surface area contributed by atoms with Crippen molar-refractivity contribution in [1.29, 1.82) is 0 Å². The number of nitrogens with one attached hydrogen (secondary N) is 1. The largest absolute Gasteiger partial charge is 0.486 e. The minimum atomic E-state index is 0.615. The number of fused-ring (bicyclic) bond motifs is 1. The Morgan fingerprint density at radius 2 is 2.05 bits per heavy atom. The average Bonchev–Trinajstić information content (AvgIpc) is 2.84. The Kier molecular flexibility index (Phi) is 3.33. The maximum atomic E-state index is 5.55. The lowest BCUT2D eigenvalue weighted by atomic mass is 10.2. The summed E-state index contributed by atoms with van der Waals surface area (Å²) in [6.07, 6.45) is 1.90. The monoisotopic (exact) mass is 260 g/mol. The highest BCUT2D eigenvalue weighted by Gasteiger charge is 2.11. The molecule has 0 amide bonds. The van der Waals surface area contributed by atoms with Gasteiger partial charge in [0.15, 0.2) is 11.5 Å². The molecule has 0 saturated carbocycles. The summed E-state index contributed by atoms with van der Waals surface area (Å²) in [6.45, 7) is 2.69. The molecular weight excluding hydrogens is 244 g/mol. The van der Waals surface area contributed by atoms with Crippen LogP contribution in [0.4, 0.5) is 0 Å². The van der Waals surface area contributed by atoms with E-state index in [2.05, 4.69) is 15.6 Å². The van der Waals surface area contributed by atoms with Gasteiger partial charge in [-0.25, -0.2) is 0 Å². The zero-order valence-electron chi connectivity index (χ0n) is 10.8. The molecule has 0 saturated heterocycles. The van der Waals surface area contributed by atoms with Crippen LogP contribution in [0.25, 0.3) is 0 Å². The van der Waals surface area contributed by atoms with Crippen molar-refractivity contribution in [3.63, 3.8) is 0 Å². The van der Waals surface area contributed by atoms with Crippen LogP contribution in [-0.2, 0) is 20.1 Å². The smallest absolute Gasteiger partial charge is 0.161 e. The Balaban J connectivity index is 1.58. The van der Waals surface area contributed by atoms with Gasteiger partial charge in [0.1, 0.15) is 13.2 Å². The zero-order chi connectivity index (χ0) is 13.1. The van der Waals surface area contributed by atoms with E-state index >= 15 is 0 Å². The highest BCUT2D eigenvalue weighted by Crippen LogP contribution is 2.30. The third-order valence-corrected chi connectivity index (χ3v) is 2.89. The predicted molar refractivity (Wildman–Crippen MR) is 69.0 cm³/mol. The Morgan fingerprint density at radius 3 is 2.84 bits per heavy atom. The summed E-state index contributed by atoms with van der Waals surface area (Å²) in [5, 5.41) is 11.2. The second kappa shape index (κ2) is 5.27. The number of ether oxygens (including phenoxy) is 2. The fourth-order valence-electron chi connectivity index (χ4n) is 2.01. The third kappa shape index (κ3) is 2.85. The molecule has 2 heterocycles. The Hall–Kier alpha value is -2.08. The van der Waals surface area contributed by atoms with E-state index in [1.54, 1.807) is 4.68 Å². The van der Waals surface area contributed by atoms with E-state index < -0.39 is 0 Å². The van der Waals surface area contributed by atoms with Crippen molar-refractivity contribution in [2.75, 3.05) is 13.2 Å². The number of hydrogen-bond acceptors (Lipinski definition) is 5. The van der Waals surface area contributed by atoms with Crippen LogP contribution in [0.2, 0.25) is 0 Å². The molecule has 2 aromatic rings. The Morgan fingerprint density at radius 1 is 1.21 bits per heavy atom. The van der Waals surface area contributed by atoms with Gasteiger partial charge in [-0.05, 0) is 17.7 Å². The first-order valence-electron chi connectivity index (χ1n) is 6.26. The lowest BCUT2D eigenvalue weighted by Crippen LogP contribution is -2.16. The van der Waals surface area contributed by atoms with Crippen molar-refractivity contribution in [1.82, 2.24) is 20.3 Å². The van der Waals surface area contributed by atoms with E-state index in [1.807, 2.05) is 31.4 Å². The maximum absolute atomic E-state index is 5.55. The van der Waals surface area contributed by atoms with Crippen LogP contribution in [0, 0.1) is 0 Å². The van der Waals surface area contributed by atoms with Crippen molar-refractivity contribution in [2.45, 2.75) is 13.1 Å². The highest BCUT2D eigenvalue weighted by molar-refractivity contribution is 5.43. The van der Waals surface area contributed by atoms with E-state index in [4.69, 9.17) is 9.47 Å². The quantitative estimate of drug-likeness (QED) is 0.884. The van der Waals surface area contributed by atoms with Gasteiger partial charge in [-0.1, -0.05) is 11.3 Å². The number of nitrogens with zero attached hydrogens (tertiary/aromatic N) is 3. The molecule has 1 aliphatic heterocycles. The van der Waals surface area contributed by atoms with E-state index in [9.17, 15) is 0 Å². The van der Waals surface area contributed by atoms with Gasteiger partial charge in [-0.15, -0.1) is 5.10 Å². The third-order valence-electron chi connectivity index (χ3n) is 2.89. The summed E-state index contributed by atoms with van der Waals surface area (Å²) in [7, 11) is 1.86. The van der Waals surface area contributed by atoms with Crippen LogP contribution in [-0.4, -0.2) is 28.2 Å². The lowest BCUT2D eigenvalue weighted by molar-refractivity contribution is 0.171. The van der Waals surface area contributed by atoms with Crippen molar-refractivity contribution < 1.29 is 9.47 Å². The fourth-order valence-corrected chi connectivity index (χ4v) is 2.01. The fraction of sp³-hybridized carbons (Fsp3) is 0.385. The van der Waals surface area contributed by atoms with Crippen LogP contribution in [0.15, 0.2) is 24.4 Å². The molecule has 1 aliphatic rings. The second-order valence-electron chi connectivity index (χ2n) is 4.47. The van der Waals surface area contributed by atoms with Gasteiger partial charge in [0.2, 0.25) is 0 Å². The second-order valence-corrected chi connectivity index (χ2v) is 4.47. The van der Waals surface area contributed by atoms with Crippen LogP contribution in [0.1, 0.15) is 11.3 Å². The molecule has 6 heteroatoms. The molecule has 0 unspecified atom stereocenters. The summed E-state index contributed by atoms with van der Waals surface area (Å²) in [6, 6.07) is 6.00. The first kappa shape index (κ1) is 12.0. The van der Waals surface area contributed by atoms with Gasteiger partial charge in [-0.2, -0.15) is 0 Å². The SMILES string of the molecule is Cn1cc(CNCc2ccc3c(c2)OCCO3)nn1. The van der Waals surface area contributed by atoms with Crippen LogP contribution >= 0.6 is 0 Å². The van der Waals surface area contributed by atoms with E-state index in [1.165, 1.54) is 0 Å². The molecule has 0 atom stereocenters. The van der Waals surface area contributed by atoms with Gasteiger partial charge >= 0.3 is 0 Å². The number of benzene rings is 1. The minimum absolute atomic E-state index is 0.615. The summed E-state index contributed by atoms with van der Waals surface area (Å²) < 4.78 is 12.7. The van der Waals surface area contributed by atoms with Crippen molar-refractivity contribution >= 4 is 0 Å². The normalized spacial score (nSPS) is 13.5. The topological polar surface area (TPSA) is 61.2 Å². The zero-order valence-corrected chi connectivity index (χ0v) is 10.8. The summed E-state index contributed by atoms with van der Waals surface area (Å²) >= 11 is 0. The minimum Gasteiger partial charge on any atom is -0.486 e. The van der Waals surface area contributed by atoms with Gasteiger partial charge in [0.05, 0.1) is 5.69 Å². The van der Waals surface area contributed by atoms with E-state index in [-0.39, 0.29) is 0 Å². The first-order valence-corrected chi connectivity index (χ1v) is 6.26. The molecule has 0 fully saturated rings. The summed E-state index contributed by atoms with van der Waals surface area (Å²) in [5.41, 5.74) is 2.09. The molecule has 100 valence electrons. The molecule has 1 N–H and O–H groups in total. The molecule has 0 spiro atoms. The molecule has 1 aromatic carbocycles. The lowest BCUT2D eigenvalue weighted by Gasteiger charge is -2.18. The molecule has 19 heavy (non-hydrogen) atoms. The Bertz CT molecular complexity index is 568. The van der Waals surface area contributed by atoms with Gasteiger partial charge in [0, 0.05) is 26.3 Å². The number of aromatic nitrogens is 3. The van der Waals surface area contributed by atoms with Crippen LogP contribution in [0.5, 0.6) is 11.5 Å². The maximum Gasteiger partial charge on any atom is 0.161 e. The van der Waals surface area contributed by atoms with Gasteiger partial charge in [-0.3, -0.25) is 4.68 Å². The van der Waals surface area contributed by atoms with Crippen molar-refractivity contribution in [3.05, 3.63) is 35.7 Å². The van der Waals surface area contributed by atoms with Crippen molar-refractivity contribution in [2.24, 2.45) is 7.05 Å². The van der Waals surface area contributed by atoms with E-state index in [0.717, 1.165) is 29.3 Å². The van der Waals surface area contributed by atoms with Gasteiger partial charge in [0.25, 0.3) is 0 Å². The van der Waals surface area contributed by atoms with Crippen LogP contribution in [0.3, 0.4) is 0 Å². The standard InChI is InChI=1S/C13H16N4O2/c1-17-9-11(15-16-17)8-14-7-10-2-3-12-13(6-10)19-5-4-18-12/h2-3,6,9,14H,4-5,7-8H2,1H3. The van der Waals surface area contributed by atoms with Crippen molar-refractivity contribution in [3.8, 4) is 11.5 Å². The molecular formula is C13H16N4O2. The number of hydrogen-bond donors (Lipinski definition) is 1. The molecule has 0 radical (unpaired) electrons. The van der Waals surface area contributed by atoms with Crippen LogP contribution < -0.4 is 14.8 Å². The molecule has 6 nitrogen and oxygen atoms in total. The van der Waals surface area contributed by atoms with Gasteiger partial charge < -0.3 is 14.8 Å². The number of rotatable bonds is 4. The summed E-state index contributed by atoms with van der Waals surface area (Å²) in [5.74, 6) is 1.65. The van der Waals surface area contributed by atoms with E-state index in [0.29, 0.717) is 19.8 Å². The number of aryl methyl sites for hydroxylation is 1. The average molecular weight is 260 g/mol. The molecule has 3 rings (SSSR count). The molecule has 1 aromatic heterocycles. The Labute approximate surface area is 111 Å². The molecule has 0 bridgehead atoms.